The normalized spacial score (nSPS) is 11.9. The van der Waals surface area contributed by atoms with Gasteiger partial charge < -0.3 is 0 Å². The molecule has 0 N–H and O–H groups in total. The van der Waals surface area contributed by atoms with Crippen LogP contribution in [0.4, 0.5) is 0 Å². The average Bonchev–Trinajstić information content (AvgIpc) is 2.73. The van der Waals surface area contributed by atoms with E-state index in [4.69, 9.17) is 0 Å². The lowest BCUT2D eigenvalue weighted by Gasteiger charge is -2.33. The highest BCUT2D eigenvalue weighted by molar-refractivity contribution is 5.91. The van der Waals surface area contributed by atoms with Gasteiger partial charge in [0.05, 0.1) is 0 Å². The molecule has 0 spiro atoms. The molecule has 0 aromatic heterocycles. The lowest BCUT2D eigenvalue weighted by atomic mass is 9.70. The summed E-state index contributed by atoms with van der Waals surface area (Å²) in [6, 6.07) is 31.1. The Morgan fingerprint density at radius 2 is 1.11 bits per heavy atom. The Balaban J connectivity index is 1.97. The van der Waals surface area contributed by atoms with Gasteiger partial charge in [-0.1, -0.05) is 118 Å². The van der Waals surface area contributed by atoms with Crippen LogP contribution in [0, 0.1) is 6.92 Å². The van der Waals surface area contributed by atoms with E-state index in [1.54, 1.807) is 0 Å². The van der Waals surface area contributed by atoms with E-state index >= 15 is 0 Å². The fourth-order valence-electron chi connectivity index (χ4n) is 4.48. The third kappa shape index (κ3) is 3.25. The molecule has 4 aromatic carbocycles. The van der Waals surface area contributed by atoms with Crippen LogP contribution < -0.4 is 0 Å². The maximum absolute atomic E-state index is 4.05. The van der Waals surface area contributed by atoms with Crippen LogP contribution in [0.3, 0.4) is 0 Å². The fourth-order valence-corrected chi connectivity index (χ4v) is 4.48. The SMILES string of the molecule is [CH2]CCCCC(C)(c1cccc2ccccc12)c1cccc2ccccc12. The molecule has 0 unspecified atom stereocenters. The average molecular weight is 352 g/mol. The number of hydrogen-bond acceptors (Lipinski definition) is 0. The Morgan fingerprint density at radius 1 is 0.630 bits per heavy atom. The summed E-state index contributed by atoms with van der Waals surface area (Å²) in [4.78, 5) is 0. The van der Waals surface area contributed by atoms with Crippen LogP contribution in [-0.2, 0) is 5.41 Å². The van der Waals surface area contributed by atoms with E-state index < -0.39 is 0 Å². The highest BCUT2D eigenvalue weighted by Gasteiger charge is 2.31. The van der Waals surface area contributed by atoms with Gasteiger partial charge in [0.25, 0.3) is 0 Å². The van der Waals surface area contributed by atoms with Gasteiger partial charge in [-0.3, -0.25) is 0 Å². The zero-order valence-corrected chi connectivity index (χ0v) is 16.1. The smallest absolute Gasteiger partial charge is 0.0187 e. The molecule has 0 nitrogen and oxygen atoms in total. The van der Waals surface area contributed by atoms with Crippen molar-refractivity contribution in [3.05, 3.63) is 103 Å². The second-order valence-electron chi connectivity index (χ2n) is 7.70. The predicted octanol–water partition coefficient (Wildman–Crippen LogP) is 7.69. The highest BCUT2D eigenvalue weighted by atomic mass is 14.3. The Labute approximate surface area is 162 Å². The van der Waals surface area contributed by atoms with Crippen LogP contribution in [0.5, 0.6) is 0 Å². The molecule has 0 heterocycles. The standard InChI is InChI=1S/C27H27/c1-3-4-9-20-27(2,25-18-10-14-21-12-5-7-16-23(21)25)26-19-11-15-22-13-6-8-17-24(22)26/h5-8,10-19H,1,3-4,9,20H2,2H3. The highest BCUT2D eigenvalue weighted by Crippen LogP contribution is 2.43. The van der Waals surface area contributed by atoms with Gasteiger partial charge in [0.15, 0.2) is 0 Å². The van der Waals surface area contributed by atoms with Crippen LogP contribution >= 0.6 is 0 Å². The molecule has 4 rings (SSSR count). The molecule has 0 atom stereocenters. The van der Waals surface area contributed by atoms with Crippen molar-refractivity contribution in [3.63, 3.8) is 0 Å². The van der Waals surface area contributed by atoms with Gasteiger partial charge in [-0.05, 0) is 39.1 Å². The van der Waals surface area contributed by atoms with Crippen LogP contribution in [0.15, 0.2) is 84.9 Å². The van der Waals surface area contributed by atoms with E-state index in [1.807, 2.05) is 0 Å². The van der Waals surface area contributed by atoms with Gasteiger partial charge in [-0.25, -0.2) is 0 Å². The molecule has 0 heteroatoms. The van der Waals surface area contributed by atoms with Crippen LogP contribution in [-0.4, -0.2) is 0 Å². The molecule has 0 saturated heterocycles. The number of unbranched alkanes of at least 4 members (excludes halogenated alkanes) is 2. The minimum Gasteiger partial charge on any atom is -0.0616 e. The Morgan fingerprint density at radius 3 is 1.63 bits per heavy atom. The third-order valence-electron chi connectivity index (χ3n) is 5.94. The van der Waals surface area contributed by atoms with E-state index in [1.165, 1.54) is 45.5 Å². The summed E-state index contributed by atoms with van der Waals surface area (Å²) in [6.45, 7) is 6.48. The lowest BCUT2D eigenvalue weighted by molar-refractivity contribution is 0.493. The zero-order chi connectivity index (χ0) is 18.7. The number of fused-ring (bicyclic) bond motifs is 2. The first-order valence-corrected chi connectivity index (χ1v) is 10.00. The van der Waals surface area contributed by atoms with Crippen molar-refractivity contribution in [3.8, 4) is 0 Å². The second kappa shape index (κ2) is 7.56. The van der Waals surface area contributed by atoms with Gasteiger partial charge in [0, 0.05) is 5.41 Å². The fraction of sp³-hybridized carbons (Fsp3) is 0.222. The maximum Gasteiger partial charge on any atom is 0.0187 e. The predicted molar refractivity (Wildman–Crippen MR) is 118 cm³/mol. The van der Waals surface area contributed by atoms with Crippen molar-refractivity contribution in [2.75, 3.05) is 0 Å². The molecular formula is C27H27. The zero-order valence-electron chi connectivity index (χ0n) is 16.1. The maximum atomic E-state index is 4.05. The molecule has 27 heavy (non-hydrogen) atoms. The van der Waals surface area contributed by atoms with Crippen molar-refractivity contribution in [2.45, 2.75) is 38.0 Å². The summed E-state index contributed by atoms with van der Waals surface area (Å²) in [5.41, 5.74) is 2.83. The van der Waals surface area contributed by atoms with E-state index in [2.05, 4.69) is 98.8 Å². The first-order valence-electron chi connectivity index (χ1n) is 10.00. The summed E-state index contributed by atoms with van der Waals surface area (Å²) < 4.78 is 0. The summed E-state index contributed by atoms with van der Waals surface area (Å²) >= 11 is 0. The van der Waals surface area contributed by atoms with Gasteiger partial charge in [-0.2, -0.15) is 0 Å². The Kier molecular flexibility index (Phi) is 4.99. The monoisotopic (exact) mass is 351 g/mol. The minimum absolute atomic E-state index is 0.0309. The van der Waals surface area contributed by atoms with Crippen molar-refractivity contribution in [1.29, 1.82) is 0 Å². The first-order chi connectivity index (χ1) is 13.2. The van der Waals surface area contributed by atoms with E-state index in [9.17, 15) is 0 Å². The minimum atomic E-state index is -0.0309. The van der Waals surface area contributed by atoms with Crippen LogP contribution in [0.25, 0.3) is 21.5 Å². The van der Waals surface area contributed by atoms with Gasteiger partial charge in [0.2, 0.25) is 0 Å². The van der Waals surface area contributed by atoms with Crippen LogP contribution in [0.1, 0.15) is 43.7 Å². The Hall–Kier alpha value is -2.60. The number of benzene rings is 4. The molecule has 135 valence electrons. The Bertz CT molecular complexity index is 968. The van der Waals surface area contributed by atoms with Crippen molar-refractivity contribution in [2.24, 2.45) is 0 Å². The molecule has 0 fully saturated rings. The van der Waals surface area contributed by atoms with E-state index in [0.29, 0.717) is 0 Å². The summed E-state index contributed by atoms with van der Waals surface area (Å²) in [5, 5.41) is 5.37. The first kappa shape index (κ1) is 17.8. The number of rotatable bonds is 6. The van der Waals surface area contributed by atoms with E-state index in [-0.39, 0.29) is 5.41 Å². The molecule has 0 aliphatic rings. The third-order valence-corrected chi connectivity index (χ3v) is 5.94. The van der Waals surface area contributed by atoms with Gasteiger partial charge in [0.1, 0.15) is 0 Å². The molecule has 0 saturated carbocycles. The summed E-state index contributed by atoms with van der Waals surface area (Å²) in [7, 11) is 0. The molecule has 1 radical (unpaired) electrons. The summed E-state index contributed by atoms with van der Waals surface area (Å²) in [5.74, 6) is 0. The molecule has 0 amide bonds. The quantitative estimate of drug-likeness (QED) is 0.312. The van der Waals surface area contributed by atoms with Gasteiger partial charge in [-0.15, -0.1) is 0 Å². The molecule has 0 aliphatic heterocycles. The topological polar surface area (TPSA) is 0 Å². The molecule has 0 aliphatic carbocycles. The second-order valence-corrected chi connectivity index (χ2v) is 7.70. The van der Waals surface area contributed by atoms with Crippen molar-refractivity contribution < 1.29 is 0 Å². The van der Waals surface area contributed by atoms with Gasteiger partial charge >= 0.3 is 0 Å². The molecule has 0 bridgehead atoms. The van der Waals surface area contributed by atoms with E-state index in [0.717, 1.165) is 12.8 Å². The van der Waals surface area contributed by atoms with Crippen molar-refractivity contribution in [1.82, 2.24) is 0 Å². The molecular weight excluding hydrogens is 324 g/mol. The summed E-state index contributed by atoms with van der Waals surface area (Å²) in [6.07, 6.45) is 4.49. The molecule has 4 aromatic rings. The van der Waals surface area contributed by atoms with Crippen LogP contribution in [0.2, 0.25) is 0 Å². The largest absolute Gasteiger partial charge is 0.0616 e. The number of hydrogen-bond donors (Lipinski definition) is 0. The lowest BCUT2D eigenvalue weighted by Crippen LogP contribution is -2.24. The van der Waals surface area contributed by atoms with Crippen molar-refractivity contribution >= 4 is 21.5 Å².